The summed E-state index contributed by atoms with van der Waals surface area (Å²) in [6, 6.07) is 30.8. The Morgan fingerprint density at radius 2 is 0.541 bits per heavy atom. The minimum atomic E-state index is -4.09. The fourth-order valence-corrected chi connectivity index (χ4v) is 3.24. The summed E-state index contributed by atoms with van der Waals surface area (Å²) in [5.41, 5.74) is 0.152. The zero-order valence-electron chi connectivity index (χ0n) is 19.4. The Balaban J connectivity index is 1.75. The lowest BCUT2D eigenvalue weighted by atomic mass is 10.0. The number of hydrogen-bond donors (Lipinski definition) is 0. The third-order valence-electron chi connectivity index (χ3n) is 5.04. The van der Waals surface area contributed by atoms with Crippen LogP contribution >= 0.6 is 0 Å². The van der Waals surface area contributed by atoms with E-state index in [4.69, 9.17) is 18.6 Å². The van der Waals surface area contributed by atoms with Crippen LogP contribution in [-0.2, 0) is 18.6 Å². The lowest BCUT2D eigenvalue weighted by Crippen LogP contribution is -2.54. The standard InChI is InChI=1S/C28H20BO8/c30-25(21-13-5-1-6-14-21)34-29(35-26(31)22-15-7-2-8-16-22,36-27(32)23-17-9-3-10-18-23)37-28(33)24-19-11-4-12-20-24/h1-20H/q-1. The lowest BCUT2D eigenvalue weighted by molar-refractivity contribution is -0.00328. The van der Waals surface area contributed by atoms with Crippen LogP contribution in [-0.4, -0.2) is 30.8 Å². The van der Waals surface area contributed by atoms with Crippen molar-refractivity contribution in [2.75, 3.05) is 0 Å². The summed E-state index contributed by atoms with van der Waals surface area (Å²) in [6.07, 6.45) is 0. The number of carbonyl (C=O) groups is 4. The molecular weight excluding hydrogens is 475 g/mol. The molecule has 0 saturated heterocycles. The van der Waals surface area contributed by atoms with E-state index in [1.165, 1.54) is 48.5 Å². The summed E-state index contributed by atoms with van der Waals surface area (Å²) in [4.78, 5) is 52.1. The maximum atomic E-state index is 13.0. The summed E-state index contributed by atoms with van der Waals surface area (Å²) in [5.74, 6) is -4.21. The van der Waals surface area contributed by atoms with Gasteiger partial charge in [0.05, 0.1) is 22.3 Å². The average Bonchev–Trinajstić information content (AvgIpc) is 2.94. The minimum absolute atomic E-state index is 0.0380. The van der Waals surface area contributed by atoms with E-state index in [-0.39, 0.29) is 22.3 Å². The molecule has 0 radical (unpaired) electrons. The molecule has 0 fully saturated rings. The Morgan fingerprint density at radius 3 is 0.730 bits per heavy atom. The first-order valence-corrected chi connectivity index (χ1v) is 11.2. The van der Waals surface area contributed by atoms with Gasteiger partial charge < -0.3 is 18.6 Å². The molecule has 0 aliphatic carbocycles. The van der Waals surface area contributed by atoms with Gasteiger partial charge in [0.15, 0.2) is 0 Å². The van der Waals surface area contributed by atoms with Crippen LogP contribution in [0.25, 0.3) is 0 Å². The first kappa shape index (κ1) is 24.9. The number of benzene rings is 4. The van der Waals surface area contributed by atoms with E-state index in [0.29, 0.717) is 0 Å². The van der Waals surface area contributed by atoms with Gasteiger partial charge in [0, 0.05) is 0 Å². The molecule has 0 N–H and O–H groups in total. The van der Waals surface area contributed by atoms with Crippen LogP contribution in [0.2, 0.25) is 0 Å². The average molecular weight is 495 g/mol. The zero-order chi connectivity index (χ0) is 26.1. The Bertz CT molecular complexity index is 1160. The van der Waals surface area contributed by atoms with Crippen LogP contribution in [0.4, 0.5) is 0 Å². The Hall–Kier alpha value is -5.18. The summed E-state index contributed by atoms with van der Waals surface area (Å²) in [6.45, 7) is -4.09. The van der Waals surface area contributed by atoms with Gasteiger partial charge in [-0.05, 0) is 48.5 Å². The van der Waals surface area contributed by atoms with Crippen molar-refractivity contribution in [1.82, 2.24) is 0 Å². The molecule has 0 aromatic heterocycles. The molecule has 0 spiro atoms. The number of rotatable bonds is 8. The fourth-order valence-electron chi connectivity index (χ4n) is 3.24. The Kier molecular flexibility index (Phi) is 7.75. The van der Waals surface area contributed by atoms with Gasteiger partial charge in [-0.1, -0.05) is 72.8 Å². The highest BCUT2D eigenvalue weighted by Crippen LogP contribution is 2.22. The maximum absolute atomic E-state index is 13.0. The van der Waals surface area contributed by atoms with Gasteiger partial charge in [-0.3, -0.25) is 19.2 Å². The number of hydrogen-bond acceptors (Lipinski definition) is 8. The second-order valence-electron chi connectivity index (χ2n) is 7.66. The quantitative estimate of drug-likeness (QED) is 0.320. The first-order valence-electron chi connectivity index (χ1n) is 11.2. The van der Waals surface area contributed by atoms with Crippen LogP contribution in [0.1, 0.15) is 41.4 Å². The van der Waals surface area contributed by atoms with E-state index in [1.54, 1.807) is 72.8 Å². The van der Waals surface area contributed by atoms with Crippen LogP contribution in [0.3, 0.4) is 0 Å². The molecule has 37 heavy (non-hydrogen) atoms. The van der Waals surface area contributed by atoms with Crippen molar-refractivity contribution >= 4 is 30.8 Å². The second kappa shape index (κ2) is 11.5. The number of carbonyl (C=O) groups excluding carboxylic acids is 4. The molecule has 4 aromatic rings. The smallest absolute Gasteiger partial charge is 0.581 e. The van der Waals surface area contributed by atoms with E-state index in [1.807, 2.05) is 0 Å². The zero-order valence-corrected chi connectivity index (χ0v) is 19.4. The van der Waals surface area contributed by atoms with Crippen molar-refractivity contribution in [1.29, 1.82) is 0 Å². The predicted octanol–water partition coefficient (Wildman–Crippen LogP) is 4.85. The molecule has 0 atom stereocenters. The molecule has 4 aromatic carbocycles. The van der Waals surface area contributed by atoms with Gasteiger partial charge in [-0.15, -0.1) is 0 Å². The highest BCUT2D eigenvalue weighted by molar-refractivity contribution is 6.62. The van der Waals surface area contributed by atoms with Crippen LogP contribution in [0, 0.1) is 0 Å². The summed E-state index contributed by atoms with van der Waals surface area (Å²) >= 11 is 0. The van der Waals surface area contributed by atoms with E-state index in [9.17, 15) is 19.2 Å². The molecule has 184 valence electrons. The van der Waals surface area contributed by atoms with E-state index in [0.717, 1.165) is 0 Å². The summed E-state index contributed by atoms with van der Waals surface area (Å²) < 4.78 is 21.6. The van der Waals surface area contributed by atoms with Crippen molar-refractivity contribution in [2.24, 2.45) is 0 Å². The van der Waals surface area contributed by atoms with Gasteiger partial charge >= 0.3 is 6.96 Å². The van der Waals surface area contributed by atoms with Gasteiger partial charge in [0.25, 0.3) is 23.9 Å². The van der Waals surface area contributed by atoms with Gasteiger partial charge in [-0.2, -0.15) is 0 Å². The molecule has 9 heteroatoms. The molecule has 0 amide bonds. The third-order valence-corrected chi connectivity index (χ3v) is 5.04. The van der Waals surface area contributed by atoms with Gasteiger partial charge in [-0.25, -0.2) is 0 Å². The summed E-state index contributed by atoms with van der Waals surface area (Å²) in [7, 11) is 0. The van der Waals surface area contributed by atoms with Crippen molar-refractivity contribution in [3.8, 4) is 0 Å². The van der Waals surface area contributed by atoms with Crippen LogP contribution < -0.4 is 0 Å². The monoisotopic (exact) mass is 495 g/mol. The van der Waals surface area contributed by atoms with E-state index >= 15 is 0 Å². The lowest BCUT2D eigenvalue weighted by Gasteiger charge is -2.38. The summed E-state index contributed by atoms with van der Waals surface area (Å²) in [5, 5.41) is 0. The molecule has 4 rings (SSSR count). The highest BCUT2D eigenvalue weighted by Gasteiger charge is 2.49. The molecular formula is C28H20BO8-. The van der Waals surface area contributed by atoms with E-state index < -0.39 is 30.8 Å². The topological polar surface area (TPSA) is 105 Å². The van der Waals surface area contributed by atoms with Gasteiger partial charge in [0.1, 0.15) is 0 Å². The van der Waals surface area contributed by atoms with Gasteiger partial charge in [0.2, 0.25) is 0 Å². The molecule has 0 aliphatic rings. The normalized spacial score (nSPS) is 10.6. The highest BCUT2D eigenvalue weighted by atomic mass is 16.9. The predicted molar refractivity (Wildman–Crippen MR) is 133 cm³/mol. The van der Waals surface area contributed by atoms with Crippen LogP contribution in [0.15, 0.2) is 121 Å². The largest absolute Gasteiger partial charge is 0.785 e. The Labute approximate surface area is 212 Å². The fraction of sp³-hybridized carbons (Fsp3) is 0. The molecule has 0 saturated carbocycles. The van der Waals surface area contributed by atoms with Crippen molar-refractivity contribution in [3.63, 3.8) is 0 Å². The Morgan fingerprint density at radius 1 is 0.351 bits per heavy atom. The molecule has 0 unspecified atom stereocenters. The third kappa shape index (κ3) is 6.49. The molecule has 0 heterocycles. The SMILES string of the molecule is O=C(O[B-](OC(=O)c1ccccc1)(OC(=O)c1ccccc1)OC(=O)c1ccccc1)c1ccccc1. The molecule has 8 nitrogen and oxygen atoms in total. The maximum Gasteiger partial charge on any atom is 0.785 e. The van der Waals surface area contributed by atoms with Crippen molar-refractivity contribution in [3.05, 3.63) is 144 Å². The second-order valence-corrected chi connectivity index (χ2v) is 7.66. The van der Waals surface area contributed by atoms with Crippen molar-refractivity contribution < 1.29 is 37.8 Å². The van der Waals surface area contributed by atoms with Crippen LogP contribution in [0.5, 0.6) is 0 Å². The first-order chi connectivity index (χ1) is 18.0. The minimum Gasteiger partial charge on any atom is -0.581 e. The van der Waals surface area contributed by atoms with Crippen molar-refractivity contribution in [2.45, 2.75) is 0 Å². The molecule has 0 bridgehead atoms. The van der Waals surface area contributed by atoms with E-state index in [2.05, 4.69) is 0 Å². The molecule has 0 aliphatic heterocycles.